The summed E-state index contributed by atoms with van der Waals surface area (Å²) in [7, 11) is 0. The Morgan fingerprint density at radius 3 is 2.59 bits per heavy atom. The van der Waals surface area contributed by atoms with Crippen molar-refractivity contribution >= 4 is 17.2 Å². The van der Waals surface area contributed by atoms with Crippen LogP contribution in [0.1, 0.15) is 36.0 Å². The molecular weight excluding hydrogens is 358 g/mol. The van der Waals surface area contributed by atoms with Crippen molar-refractivity contribution in [3.05, 3.63) is 76.4 Å². The summed E-state index contributed by atoms with van der Waals surface area (Å²) in [6.45, 7) is 5.41. The summed E-state index contributed by atoms with van der Waals surface area (Å²) in [5.74, 6) is 1.91. The molecule has 0 unspecified atom stereocenters. The van der Waals surface area contributed by atoms with Gasteiger partial charge in [0, 0.05) is 11.4 Å². The molecule has 2 aromatic heterocycles. The zero-order valence-electron chi connectivity index (χ0n) is 15.8. The molecule has 0 spiro atoms. The van der Waals surface area contributed by atoms with Gasteiger partial charge in [0.05, 0.1) is 12.8 Å². The fourth-order valence-electron chi connectivity index (χ4n) is 2.77. The molecule has 1 aromatic carbocycles. The molecular formula is C22H25NO3S. The van der Waals surface area contributed by atoms with Gasteiger partial charge in [0.15, 0.2) is 6.61 Å². The number of rotatable bonds is 9. The van der Waals surface area contributed by atoms with Crippen LogP contribution in [0.3, 0.4) is 0 Å². The van der Waals surface area contributed by atoms with Crippen LogP contribution in [0.15, 0.2) is 64.6 Å². The van der Waals surface area contributed by atoms with Crippen molar-refractivity contribution in [3.63, 3.8) is 0 Å². The zero-order chi connectivity index (χ0) is 19.1. The monoisotopic (exact) mass is 383 g/mol. The summed E-state index contributed by atoms with van der Waals surface area (Å²) in [6.07, 6.45) is 2.46. The lowest BCUT2D eigenvalue weighted by molar-refractivity contribution is -0.134. The molecule has 0 aliphatic carbocycles. The highest BCUT2D eigenvalue weighted by Gasteiger charge is 2.16. The molecule has 1 amide bonds. The van der Waals surface area contributed by atoms with Crippen LogP contribution >= 0.6 is 11.3 Å². The van der Waals surface area contributed by atoms with E-state index >= 15 is 0 Å². The Balaban J connectivity index is 1.59. The molecule has 0 aliphatic heterocycles. The lowest BCUT2D eigenvalue weighted by Gasteiger charge is -2.21. The number of furan rings is 1. The SMILES string of the molecule is CC(C)c1ccc(OCC(=O)N(CCc2cccs2)Cc2ccco2)cc1. The van der Waals surface area contributed by atoms with Gasteiger partial charge < -0.3 is 14.1 Å². The van der Waals surface area contributed by atoms with E-state index in [0.717, 1.165) is 12.2 Å². The van der Waals surface area contributed by atoms with E-state index in [4.69, 9.17) is 9.15 Å². The van der Waals surface area contributed by atoms with Crippen molar-refractivity contribution in [1.29, 1.82) is 0 Å². The lowest BCUT2D eigenvalue weighted by Crippen LogP contribution is -2.35. The van der Waals surface area contributed by atoms with Gasteiger partial charge in [-0.15, -0.1) is 11.3 Å². The minimum absolute atomic E-state index is 0.0200. The van der Waals surface area contributed by atoms with Crippen LogP contribution in [-0.4, -0.2) is 24.0 Å². The first-order valence-electron chi connectivity index (χ1n) is 9.17. The van der Waals surface area contributed by atoms with Crippen molar-refractivity contribution in [2.45, 2.75) is 32.7 Å². The quantitative estimate of drug-likeness (QED) is 0.515. The van der Waals surface area contributed by atoms with Gasteiger partial charge in [0.2, 0.25) is 0 Å². The van der Waals surface area contributed by atoms with E-state index in [1.165, 1.54) is 10.4 Å². The number of hydrogen-bond donors (Lipinski definition) is 0. The molecule has 0 saturated heterocycles. The molecule has 0 N–H and O–H groups in total. The van der Waals surface area contributed by atoms with Crippen molar-refractivity contribution in [2.24, 2.45) is 0 Å². The average molecular weight is 384 g/mol. The first-order valence-corrected chi connectivity index (χ1v) is 10.0. The molecule has 0 atom stereocenters. The molecule has 27 heavy (non-hydrogen) atoms. The normalized spacial score (nSPS) is 10.9. The number of carbonyl (C=O) groups is 1. The third-order valence-corrected chi connectivity index (χ3v) is 5.33. The summed E-state index contributed by atoms with van der Waals surface area (Å²) in [4.78, 5) is 15.8. The van der Waals surface area contributed by atoms with Gasteiger partial charge in [-0.05, 0) is 53.6 Å². The predicted octanol–water partition coefficient (Wildman–Crippen LogP) is 5.11. The van der Waals surface area contributed by atoms with E-state index < -0.39 is 0 Å². The van der Waals surface area contributed by atoms with Crippen molar-refractivity contribution in [1.82, 2.24) is 4.90 Å². The van der Waals surface area contributed by atoms with E-state index in [1.54, 1.807) is 22.5 Å². The maximum absolute atomic E-state index is 12.7. The van der Waals surface area contributed by atoms with Crippen LogP contribution in [0.4, 0.5) is 0 Å². The summed E-state index contributed by atoms with van der Waals surface area (Å²) in [5.41, 5.74) is 1.25. The Labute approximate surface area is 164 Å². The highest BCUT2D eigenvalue weighted by atomic mass is 32.1. The van der Waals surface area contributed by atoms with Crippen LogP contribution < -0.4 is 4.74 Å². The van der Waals surface area contributed by atoms with Gasteiger partial charge in [-0.3, -0.25) is 4.79 Å². The molecule has 3 aromatic rings. The molecule has 5 heteroatoms. The fourth-order valence-corrected chi connectivity index (χ4v) is 3.47. The number of ether oxygens (including phenoxy) is 1. The number of nitrogens with zero attached hydrogens (tertiary/aromatic N) is 1. The maximum Gasteiger partial charge on any atom is 0.260 e. The fraction of sp³-hybridized carbons (Fsp3) is 0.318. The predicted molar refractivity (Wildman–Crippen MR) is 108 cm³/mol. The molecule has 0 aliphatic rings. The summed E-state index contributed by atoms with van der Waals surface area (Å²) in [5, 5.41) is 2.05. The number of thiophene rings is 1. The minimum atomic E-state index is -0.0455. The average Bonchev–Trinajstić information content (AvgIpc) is 3.37. The third-order valence-electron chi connectivity index (χ3n) is 4.40. The van der Waals surface area contributed by atoms with Gasteiger partial charge >= 0.3 is 0 Å². The van der Waals surface area contributed by atoms with Crippen LogP contribution in [0.2, 0.25) is 0 Å². The third kappa shape index (κ3) is 5.73. The molecule has 4 nitrogen and oxygen atoms in total. The van der Waals surface area contributed by atoms with E-state index in [1.807, 2.05) is 42.5 Å². The van der Waals surface area contributed by atoms with Crippen molar-refractivity contribution < 1.29 is 13.9 Å². The van der Waals surface area contributed by atoms with Gasteiger partial charge in [0.25, 0.3) is 5.91 Å². The first kappa shape index (κ1) is 19.2. The van der Waals surface area contributed by atoms with Crippen LogP contribution in [0.25, 0.3) is 0 Å². The van der Waals surface area contributed by atoms with Crippen molar-refractivity contribution in [3.8, 4) is 5.75 Å². The zero-order valence-corrected chi connectivity index (χ0v) is 16.6. The first-order chi connectivity index (χ1) is 13.1. The second-order valence-corrected chi connectivity index (χ2v) is 7.77. The Hall–Kier alpha value is -2.53. The van der Waals surface area contributed by atoms with E-state index in [9.17, 15) is 4.79 Å². The Morgan fingerprint density at radius 1 is 1.15 bits per heavy atom. The highest BCUT2D eigenvalue weighted by molar-refractivity contribution is 7.09. The molecule has 2 heterocycles. The second-order valence-electron chi connectivity index (χ2n) is 6.74. The van der Waals surface area contributed by atoms with E-state index in [2.05, 4.69) is 25.3 Å². The standard InChI is InChI=1S/C22H25NO3S/c1-17(2)18-7-9-19(10-8-18)26-16-22(24)23(15-20-5-3-13-25-20)12-11-21-6-4-14-27-21/h3-10,13-14,17H,11-12,15-16H2,1-2H3. The topological polar surface area (TPSA) is 42.7 Å². The summed E-state index contributed by atoms with van der Waals surface area (Å²) < 4.78 is 11.1. The number of benzene rings is 1. The van der Waals surface area contributed by atoms with E-state index in [-0.39, 0.29) is 12.5 Å². The molecule has 0 saturated carbocycles. The second kappa shape index (κ2) is 9.42. The smallest absolute Gasteiger partial charge is 0.260 e. The molecule has 0 fully saturated rings. The summed E-state index contributed by atoms with van der Waals surface area (Å²) >= 11 is 1.71. The van der Waals surface area contributed by atoms with Gasteiger partial charge in [-0.2, -0.15) is 0 Å². The van der Waals surface area contributed by atoms with Crippen molar-refractivity contribution in [2.75, 3.05) is 13.2 Å². The van der Waals surface area contributed by atoms with Crippen LogP contribution in [0, 0.1) is 0 Å². The number of amides is 1. The lowest BCUT2D eigenvalue weighted by atomic mass is 10.0. The summed E-state index contributed by atoms with van der Waals surface area (Å²) in [6, 6.07) is 15.8. The van der Waals surface area contributed by atoms with Gasteiger partial charge in [-0.1, -0.05) is 32.0 Å². The maximum atomic E-state index is 12.7. The Kier molecular flexibility index (Phi) is 6.71. The molecule has 0 radical (unpaired) electrons. The van der Waals surface area contributed by atoms with Gasteiger partial charge in [-0.25, -0.2) is 0 Å². The molecule has 142 valence electrons. The number of carbonyl (C=O) groups excluding carboxylic acids is 1. The molecule has 3 rings (SSSR count). The van der Waals surface area contributed by atoms with Gasteiger partial charge in [0.1, 0.15) is 11.5 Å². The van der Waals surface area contributed by atoms with E-state index in [0.29, 0.717) is 24.8 Å². The highest BCUT2D eigenvalue weighted by Crippen LogP contribution is 2.19. The molecule has 0 bridgehead atoms. The Morgan fingerprint density at radius 2 is 1.96 bits per heavy atom. The van der Waals surface area contributed by atoms with Crippen LogP contribution in [0.5, 0.6) is 5.75 Å². The largest absolute Gasteiger partial charge is 0.484 e. The Bertz CT molecular complexity index is 808. The number of hydrogen-bond acceptors (Lipinski definition) is 4. The minimum Gasteiger partial charge on any atom is -0.484 e. The van der Waals surface area contributed by atoms with Crippen LogP contribution in [-0.2, 0) is 17.8 Å².